The van der Waals surface area contributed by atoms with Crippen molar-refractivity contribution in [2.45, 2.75) is 41.0 Å². The van der Waals surface area contributed by atoms with Gasteiger partial charge in [0.1, 0.15) is 0 Å². The van der Waals surface area contributed by atoms with Crippen molar-refractivity contribution in [3.05, 3.63) is 100 Å². The molecule has 0 amide bonds. The quantitative estimate of drug-likeness (QED) is 0.277. The Labute approximate surface area is 170 Å². The zero-order chi connectivity index (χ0) is 20.2. The van der Waals surface area contributed by atoms with Crippen LogP contribution >= 0.6 is 11.6 Å². The second-order valence-corrected chi connectivity index (χ2v) is 7.02. The third-order valence-electron chi connectivity index (χ3n) is 3.91. The first-order chi connectivity index (χ1) is 12.9. The number of halogens is 1. The van der Waals surface area contributed by atoms with E-state index in [2.05, 4.69) is 82.8 Å². The van der Waals surface area contributed by atoms with Gasteiger partial charge in [0.25, 0.3) is 0 Å². The van der Waals surface area contributed by atoms with Gasteiger partial charge in [0.05, 0.1) is 5.02 Å². The van der Waals surface area contributed by atoms with Gasteiger partial charge in [-0.2, -0.15) is 0 Å². The summed E-state index contributed by atoms with van der Waals surface area (Å²) in [6, 6.07) is 14.6. The lowest BCUT2D eigenvalue weighted by atomic mass is 9.97. The summed E-state index contributed by atoms with van der Waals surface area (Å²) in [6.07, 6.45) is 11.3. The lowest BCUT2D eigenvalue weighted by molar-refractivity contribution is 1.23. The molecule has 0 aromatic heterocycles. The molecule has 0 N–H and O–H groups in total. The zero-order valence-corrected chi connectivity index (χ0v) is 18.0. The number of aryl methyl sites for hydroxylation is 1. The third-order valence-corrected chi connectivity index (χ3v) is 4.42. The third kappa shape index (κ3) is 7.85. The van der Waals surface area contributed by atoms with Crippen LogP contribution in [0.15, 0.2) is 72.8 Å². The van der Waals surface area contributed by atoms with Gasteiger partial charge in [-0.15, -0.1) is 6.58 Å². The van der Waals surface area contributed by atoms with Crippen LogP contribution in [-0.2, 0) is 0 Å². The maximum Gasteiger partial charge on any atom is 0.0507 e. The Morgan fingerprint density at radius 3 is 2.22 bits per heavy atom. The highest BCUT2D eigenvalue weighted by Crippen LogP contribution is 2.29. The number of benzene rings is 2. The average Bonchev–Trinajstić information content (AvgIpc) is 2.65. The fourth-order valence-electron chi connectivity index (χ4n) is 2.54. The lowest BCUT2D eigenvalue weighted by Crippen LogP contribution is -1.89. The molecular weight excluding hydrogens is 348 g/mol. The van der Waals surface area contributed by atoms with E-state index in [-0.39, 0.29) is 0 Å². The minimum atomic E-state index is 0.823. The summed E-state index contributed by atoms with van der Waals surface area (Å²) in [4.78, 5) is 0. The summed E-state index contributed by atoms with van der Waals surface area (Å²) in [5.41, 5.74) is 7.21. The Balaban J connectivity index is 0.00000114. The van der Waals surface area contributed by atoms with E-state index in [0.29, 0.717) is 0 Å². The number of hydrogen-bond acceptors (Lipinski definition) is 0. The van der Waals surface area contributed by atoms with Crippen LogP contribution in [0.3, 0.4) is 0 Å². The molecule has 0 unspecified atom stereocenters. The molecule has 142 valence electrons. The molecule has 0 aliphatic rings. The van der Waals surface area contributed by atoms with Crippen LogP contribution in [0.2, 0.25) is 5.02 Å². The van der Waals surface area contributed by atoms with Crippen LogP contribution in [-0.4, -0.2) is 0 Å². The fourth-order valence-corrected chi connectivity index (χ4v) is 2.71. The summed E-state index contributed by atoms with van der Waals surface area (Å²) in [5, 5.41) is 0.823. The fraction of sp³-hybridized carbons (Fsp3) is 0.231. The van der Waals surface area contributed by atoms with Gasteiger partial charge in [-0.1, -0.05) is 90.9 Å². The van der Waals surface area contributed by atoms with Crippen molar-refractivity contribution in [1.29, 1.82) is 0 Å². The SMILES string of the molecule is C=CC.CC/C(=C\C=C(C)C)c1cc(C)c(Cl)c(/C=C/c2ccccc2)c1. The highest BCUT2D eigenvalue weighted by Gasteiger charge is 2.07. The van der Waals surface area contributed by atoms with Gasteiger partial charge in [-0.3, -0.25) is 0 Å². The van der Waals surface area contributed by atoms with Gasteiger partial charge in [-0.05, 0) is 68.0 Å². The second kappa shape index (κ2) is 12.1. The van der Waals surface area contributed by atoms with E-state index in [9.17, 15) is 0 Å². The maximum absolute atomic E-state index is 6.52. The number of rotatable bonds is 5. The van der Waals surface area contributed by atoms with E-state index in [1.807, 2.05) is 25.1 Å². The van der Waals surface area contributed by atoms with E-state index < -0.39 is 0 Å². The Morgan fingerprint density at radius 2 is 1.67 bits per heavy atom. The molecule has 0 saturated carbocycles. The highest BCUT2D eigenvalue weighted by atomic mass is 35.5. The topological polar surface area (TPSA) is 0 Å². The lowest BCUT2D eigenvalue weighted by Gasteiger charge is -2.10. The Morgan fingerprint density at radius 1 is 1.04 bits per heavy atom. The summed E-state index contributed by atoms with van der Waals surface area (Å²) < 4.78 is 0. The first kappa shape index (κ1) is 22.7. The predicted molar refractivity (Wildman–Crippen MR) is 125 cm³/mol. The van der Waals surface area contributed by atoms with Crippen LogP contribution in [0.5, 0.6) is 0 Å². The molecule has 27 heavy (non-hydrogen) atoms. The molecule has 2 aromatic carbocycles. The second-order valence-electron chi connectivity index (χ2n) is 6.64. The van der Waals surface area contributed by atoms with E-state index >= 15 is 0 Å². The molecule has 0 bridgehead atoms. The van der Waals surface area contributed by atoms with Crippen molar-refractivity contribution in [1.82, 2.24) is 0 Å². The minimum Gasteiger partial charge on any atom is -0.103 e. The molecule has 0 saturated heterocycles. The van der Waals surface area contributed by atoms with Crippen molar-refractivity contribution in [3.8, 4) is 0 Å². The van der Waals surface area contributed by atoms with Gasteiger partial charge in [0, 0.05) is 0 Å². The Hall–Kier alpha value is -2.31. The number of hydrogen-bond donors (Lipinski definition) is 0. The molecule has 0 spiro atoms. The smallest absolute Gasteiger partial charge is 0.0507 e. The van der Waals surface area contributed by atoms with Gasteiger partial charge < -0.3 is 0 Å². The molecular formula is C26H31Cl. The van der Waals surface area contributed by atoms with Crippen molar-refractivity contribution in [3.63, 3.8) is 0 Å². The van der Waals surface area contributed by atoms with Gasteiger partial charge in [0.2, 0.25) is 0 Å². The molecule has 2 aromatic rings. The van der Waals surface area contributed by atoms with E-state index in [4.69, 9.17) is 11.6 Å². The van der Waals surface area contributed by atoms with Gasteiger partial charge >= 0.3 is 0 Å². The van der Waals surface area contributed by atoms with Crippen LogP contribution in [0.1, 0.15) is 56.4 Å². The highest BCUT2D eigenvalue weighted by molar-refractivity contribution is 6.33. The van der Waals surface area contributed by atoms with Crippen LogP contribution in [0.25, 0.3) is 17.7 Å². The van der Waals surface area contributed by atoms with Crippen molar-refractivity contribution < 1.29 is 0 Å². The molecule has 1 heteroatoms. The molecule has 0 radical (unpaired) electrons. The average molecular weight is 379 g/mol. The van der Waals surface area contributed by atoms with E-state index in [1.54, 1.807) is 6.08 Å². The maximum atomic E-state index is 6.52. The van der Waals surface area contributed by atoms with E-state index in [1.165, 1.54) is 22.3 Å². The first-order valence-electron chi connectivity index (χ1n) is 9.37. The molecule has 0 heterocycles. The molecule has 2 rings (SSSR count). The van der Waals surface area contributed by atoms with Crippen LogP contribution < -0.4 is 0 Å². The van der Waals surface area contributed by atoms with Gasteiger partial charge in [0.15, 0.2) is 0 Å². The monoisotopic (exact) mass is 378 g/mol. The summed E-state index contributed by atoms with van der Waals surface area (Å²) in [5.74, 6) is 0. The van der Waals surface area contributed by atoms with E-state index in [0.717, 1.165) is 22.6 Å². The normalized spacial score (nSPS) is 11.0. The molecule has 0 aliphatic carbocycles. The predicted octanol–water partition coefficient (Wildman–Crippen LogP) is 8.77. The van der Waals surface area contributed by atoms with Crippen molar-refractivity contribution in [2.75, 3.05) is 0 Å². The Kier molecular flexibility index (Phi) is 10.2. The van der Waals surface area contributed by atoms with Crippen LogP contribution in [0.4, 0.5) is 0 Å². The van der Waals surface area contributed by atoms with Crippen molar-refractivity contribution in [2.24, 2.45) is 0 Å². The first-order valence-corrected chi connectivity index (χ1v) is 9.75. The largest absolute Gasteiger partial charge is 0.103 e. The summed E-state index contributed by atoms with van der Waals surface area (Å²) in [6.45, 7) is 13.7. The standard InChI is InChI=1S/C23H25Cl.C3H6/c1-5-20(13-11-17(2)3)22-15-18(4)23(24)21(16-22)14-12-19-9-7-6-8-10-19;1-3-2/h6-16H,5H2,1-4H3;3H,1H2,2H3/b14-12+,20-13+;. The van der Waals surface area contributed by atoms with Gasteiger partial charge in [-0.25, -0.2) is 0 Å². The molecule has 0 nitrogen and oxygen atoms in total. The summed E-state index contributed by atoms with van der Waals surface area (Å²) in [7, 11) is 0. The zero-order valence-electron chi connectivity index (χ0n) is 17.2. The molecule has 0 aliphatic heterocycles. The number of allylic oxidation sites excluding steroid dienone is 5. The Bertz CT molecular complexity index is 817. The minimum absolute atomic E-state index is 0.823. The summed E-state index contributed by atoms with van der Waals surface area (Å²) >= 11 is 6.52. The molecule has 0 atom stereocenters. The molecule has 0 fully saturated rings. The van der Waals surface area contributed by atoms with Crippen molar-refractivity contribution >= 4 is 29.3 Å². The van der Waals surface area contributed by atoms with Crippen LogP contribution in [0, 0.1) is 6.92 Å².